The van der Waals surface area contributed by atoms with Gasteiger partial charge < -0.3 is 9.32 Å². The molecule has 33 heavy (non-hydrogen) atoms. The van der Waals surface area contributed by atoms with Crippen LogP contribution >= 0.6 is 0 Å². The van der Waals surface area contributed by atoms with Gasteiger partial charge in [0.1, 0.15) is 5.69 Å². The van der Waals surface area contributed by atoms with Crippen LogP contribution in [0.2, 0.25) is 0 Å². The Bertz CT molecular complexity index is 1280. The summed E-state index contributed by atoms with van der Waals surface area (Å²) in [4.78, 5) is 22.6. The molecule has 4 heterocycles. The van der Waals surface area contributed by atoms with Crippen LogP contribution in [0.5, 0.6) is 0 Å². The molecule has 0 saturated carbocycles. The average Bonchev–Trinajstić information content (AvgIpc) is 3.48. The van der Waals surface area contributed by atoms with Gasteiger partial charge in [-0.15, -0.1) is 0 Å². The highest BCUT2D eigenvalue weighted by atomic mass is 16.3. The van der Waals surface area contributed by atoms with Crippen molar-refractivity contribution in [2.75, 3.05) is 32.7 Å². The Morgan fingerprint density at radius 2 is 1.88 bits per heavy atom. The highest BCUT2D eigenvalue weighted by Gasteiger charge is 2.26. The van der Waals surface area contributed by atoms with Crippen LogP contribution in [0.1, 0.15) is 21.6 Å². The van der Waals surface area contributed by atoms with Gasteiger partial charge in [-0.05, 0) is 30.7 Å². The maximum atomic E-state index is 13.6. The minimum atomic E-state index is 0.0192. The number of carbonyl (C=O) groups excluding carboxylic acids is 1. The second-order valence-corrected chi connectivity index (χ2v) is 8.35. The summed E-state index contributed by atoms with van der Waals surface area (Å²) in [5.74, 6) is 0.658. The van der Waals surface area contributed by atoms with E-state index in [0.29, 0.717) is 35.8 Å². The summed E-state index contributed by atoms with van der Waals surface area (Å²) in [7, 11) is 1.85. The minimum Gasteiger partial charge on any atom is -0.463 e. The van der Waals surface area contributed by atoms with Crippen molar-refractivity contribution in [3.8, 4) is 11.5 Å². The molecule has 0 radical (unpaired) electrons. The SMILES string of the molecule is Cc1nn(C)c2nc(-c3ccco3)cc(C(=O)N3CCN(C/C=C/c4ccccc4)CC3)c12. The third-order valence-electron chi connectivity index (χ3n) is 6.11. The lowest BCUT2D eigenvalue weighted by Gasteiger charge is -2.34. The average molecular weight is 442 g/mol. The van der Waals surface area contributed by atoms with E-state index >= 15 is 0 Å². The van der Waals surface area contributed by atoms with Crippen LogP contribution in [0.15, 0.2) is 65.3 Å². The van der Waals surface area contributed by atoms with Gasteiger partial charge >= 0.3 is 0 Å². The van der Waals surface area contributed by atoms with Crippen molar-refractivity contribution < 1.29 is 9.21 Å². The third-order valence-corrected chi connectivity index (χ3v) is 6.11. The Labute approximate surface area is 192 Å². The standard InChI is InChI=1S/C26H27N5O2/c1-19-24-21(18-22(23-11-7-17-33-23)27-25(24)29(2)28-19)26(32)31-15-13-30(14-16-31)12-6-10-20-8-4-3-5-9-20/h3-11,17-18H,12-16H2,1-2H3/b10-6+. The molecule has 0 aliphatic carbocycles. The molecule has 1 saturated heterocycles. The van der Waals surface area contributed by atoms with Gasteiger partial charge in [0.15, 0.2) is 11.4 Å². The van der Waals surface area contributed by atoms with Gasteiger partial charge in [-0.2, -0.15) is 5.10 Å². The molecule has 0 bridgehead atoms. The Balaban J connectivity index is 1.33. The number of furan rings is 1. The van der Waals surface area contributed by atoms with Gasteiger partial charge in [0, 0.05) is 39.8 Å². The van der Waals surface area contributed by atoms with Crippen molar-refractivity contribution in [1.29, 1.82) is 0 Å². The highest BCUT2D eigenvalue weighted by Crippen LogP contribution is 2.28. The number of piperazine rings is 1. The van der Waals surface area contributed by atoms with E-state index in [1.807, 2.05) is 55.3 Å². The quantitative estimate of drug-likeness (QED) is 0.468. The first-order valence-electron chi connectivity index (χ1n) is 11.2. The monoisotopic (exact) mass is 441 g/mol. The number of fused-ring (bicyclic) bond motifs is 1. The smallest absolute Gasteiger partial charge is 0.254 e. The van der Waals surface area contributed by atoms with Gasteiger partial charge in [0.2, 0.25) is 0 Å². The van der Waals surface area contributed by atoms with Gasteiger partial charge in [-0.1, -0.05) is 42.5 Å². The molecule has 1 amide bonds. The zero-order chi connectivity index (χ0) is 22.8. The normalized spacial score (nSPS) is 15.0. The van der Waals surface area contributed by atoms with Gasteiger partial charge in [-0.3, -0.25) is 14.4 Å². The molecule has 168 valence electrons. The van der Waals surface area contributed by atoms with E-state index in [4.69, 9.17) is 9.40 Å². The second kappa shape index (κ2) is 9.03. The lowest BCUT2D eigenvalue weighted by atomic mass is 10.1. The second-order valence-electron chi connectivity index (χ2n) is 8.35. The number of rotatable bonds is 5. The first-order valence-corrected chi connectivity index (χ1v) is 11.2. The fourth-order valence-electron chi connectivity index (χ4n) is 4.37. The predicted octanol–water partition coefficient (Wildman–Crippen LogP) is 4.01. The molecule has 0 unspecified atom stereocenters. The maximum Gasteiger partial charge on any atom is 0.254 e. The predicted molar refractivity (Wildman–Crippen MR) is 129 cm³/mol. The molecule has 7 heteroatoms. The van der Waals surface area contributed by atoms with Crippen molar-refractivity contribution >= 4 is 23.0 Å². The lowest BCUT2D eigenvalue weighted by Crippen LogP contribution is -2.48. The third kappa shape index (κ3) is 4.32. The summed E-state index contributed by atoms with van der Waals surface area (Å²) in [5, 5.41) is 5.32. The number of carbonyl (C=O) groups is 1. The maximum absolute atomic E-state index is 13.6. The van der Waals surface area contributed by atoms with E-state index in [1.54, 1.807) is 10.9 Å². The zero-order valence-electron chi connectivity index (χ0n) is 18.9. The molecule has 7 nitrogen and oxygen atoms in total. The van der Waals surface area contributed by atoms with Crippen molar-refractivity contribution in [1.82, 2.24) is 24.6 Å². The number of hydrogen-bond donors (Lipinski definition) is 0. The molecule has 1 aliphatic heterocycles. The number of amides is 1. The molecule has 1 fully saturated rings. The molecular weight excluding hydrogens is 414 g/mol. The van der Waals surface area contributed by atoms with Crippen molar-refractivity contribution in [3.05, 3.63) is 77.7 Å². The molecule has 3 aromatic heterocycles. The van der Waals surface area contributed by atoms with Crippen LogP contribution in [0.25, 0.3) is 28.6 Å². The Morgan fingerprint density at radius 3 is 2.61 bits per heavy atom. The summed E-state index contributed by atoms with van der Waals surface area (Å²) in [5.41, 5.74) is 3.97. The number of hydrogen-bond acceptors (Lipinski definition) is 5. The summed E-state index contributed by atoms with van der Waals surface area (Å²) < 4.78 is 7.28. The summed E-state index contributed by atoms with van der Waals surface area (Å²) in [6, 6.07) is 15.8. The molecule has 0 atom stereocenters. The van der Waals surface area contributed by atoms with Gasteiger partial charge in [0.05, 0.1) is 22.9 Å². The molecular formula is C26H27N5O2. The van der Waals surface area contributed by atoms with E-state index < -0.39 is 0 Å². The van der Waals surface area contributed by atoms with Crippen LogP contribution < -0.4 is 0 Å². The summed E-state index contributed by atoms with van der Waals surface area (Å²) in [6.45, 7) is 5.87. The van der Waals surface area contributed by atoms with Crippen LogP contribution in [0.3, 0.4) is 0 Å². The molecule has 1 aromatic carbocycles. The van der Waals surface area contributed by atoms with E-state index in [2.05, 4.69) is 34.3 Å². The molecule has 0 N–H and O–H groups in total. The lowest BCUT2D eigenvalue weighted by molar-refractivity contribution is 0.0652. The summed E-state index contributed by atoms with van der Waals surface area (Å²) >= 11 is 0. The first-order chi connectivity index (χ1) is 16.1. The topological polar surface area (TPSA) is 67.4 Å². The number of aryl methyl sites for hydroxylation is 2. The zero-order valence-corrected chi connectivity index (χ0v) is 18.9. The summed E-state index contributed by atoms with van der Waals surface area (Å²) in [6.07, 6.45) is 5.95. The van der Waals surface area contributed by atoms with Gasteiger partial charge in [-0.25, -0.2) is 4.98 Å². The fourth-order valence-corrected chi connectivity index (χ4v) is 4.37. The Kier molecular flexibility index (Phi) is 5.79. The van der Waals surface area contributed by atoms with Crippen LogP contribution in [0, 0.1) is 6.92 Å². The Morgan fingerprint density at radius 1 is 1.09 bits per heavy atom. The number of nitrogens with zero attached hydrogens (tertiary/aromatic N) is 5. The largest absolute Gasteiger partial charge is 0.463 e. The van der Waals surface area contributed by atoms with Crippen LogP contribution in [-0.4, -0.2) is 63.2 Å². The van der Waals surface area contributed by atoms with Crippen molar-refractivity contribution in [2.24, 2.45) is 7.05 Å². The number of aromatic nitrogens is 3. The van der Waals surface area contributed by atoms with Crippen LogP contribution in [-0.2, 0) is 7.05 Å². The van der Waals surface area contributed by atoms with E-state index in [1.165, 1.54) is 5.56 Å². The van der Waals surface area contributed by atoms with Crippen LogP contribution in [0.4, 0.5) is 0 Å². The Hall–Kier alpha value is -3.71. The highest BCUT2D eigenvalue weighted by molar-refractivity contribution is 6.07. The molecule has 4 aromatic rings. The van der Waals surface area contributed by atoms with E-state index in [-0.39, 0.29) is 5.91 Å². The van der Waals surface area contributed by atoms with Gasteiger partial charge in [0.25, 0.3) is 5.91 Å². The van der Waals surface area contributed by atoms with E-state index in [0.717, 1.165) is 30.7 Å². The molecule has 1 aliphatic rings. The number of pyridine rings is 1. The number of benzene rings is 1. The minimum absolute atomic E-state index is 0.0192. The van der Waals surface area contributed by atoms with E-state index in [9.17, 15) is 4.79 Å². The van der Waals surface area contributed by atoms with Crippen molar-refractivity contribution in [2.45, 2.75) is 6.92 Å². The molecule has 5 rings (SSSR count). The molecule has 0 spiro atoms. The van der Waals surface area contributed by atoms with Crippen molar-refractivity contribution in [3.63, 3.8) is 0 Å². The fraction of sp³-hybridized carbons (Fsp3) is 0.269. The first kappa shape index (κ1) is 21.2.